The quantitative estimate of drug-likeness (QED) is 0.493. The Morgan fingerprint density at radius 3 is 2.65 bits per heavy atom. The third-order valence-corrected chi connectivity index (χ3v) is 3.40. The molecular formula is C16H14N4O3. The molecule has 0 N–H and O–H groups in total. The lowest BCUT2D eigenvalue weighted by Gasteiger charge is -2.08. The van der Waals surface area contributed by atoms with Gasteiger partial charge in [0, 0.05) is 23.4 Å². The van der Waals surface area contributed by atoms with E-state index in [1.54, 1.807) is 39.0 Å². The molecule has 0 bridgehead atoms. The summed E-state index contributed by atoms with van der Waals surface area (Å²) in [6.07, 6.45) is 0. The second kappa shape index (κ2) is 6.23. The Bertz CT molecular complexity index is 920. The number of aryl methyl sites for hydroxylation is 2. The highest BCUT2D eigenvalue weighted by Crippen LogP contribution is 2.14. The SMILES string of the molecule is CC(=Nn1c(C)cc(C)c(C#N)c1=O)c1cccc([N+](=O)[O-])c1. The third-order valence-electron chi connectivity index (χ3n) is 3.40. The maximum atomic E-state index is 12.3. The highest BCUT2D eigenvalue weighted by Gasteiger charge is 2.11. The van der Waals surface area contributed by atoms with Crippen molar-refractivity contribution < 1.29 is 4.92 Å². The van der Waals surface area contributed by atoms with Crippen LogP contribution in [-0.4, -0.2) is 15.3 Å². The predicted molar refractivity (Wildman–Crippen MR) is 85.6 cm³/mol. The smallest absolute Gasteiger partial charge is 0.266 e. The number of non-ortho nitro benzene ring substituents is 1. The van der Waals surface area contributed by atoms with E-state index < -0.39 is 10.5 Å². The zero-order chi connectivity index (χ0) is 17.1. The van der Waals surface area contributed by atoms with Gasteiger partial charge in [-0.15, -0.1) is 0 Å². The molecule has 7 heteroatoms. The van der Waals surface area contributed by atoms with Gasteiger partial charge in [-0.05, 0) is 32.4 Å². The summed E-state index contributed by atoms with van der Waals surface area (Å²) < 4.78 is 1.14. The van der Waals surface area contributed by atoms with E-state index in [0.29, 0.717) is 22.5 Å². The molecule has 0 aliphatic heterocycles. The maximum absolute atomic E-state index is 12.3. The Kier molecular flexibility index (Phi) is 4.37. The van der Waals surface area contributed by atoms with Crippen LogP contribution in [0.2, 0.25) is 0 Å². The first-order chi connectivity index (χ1) is 10.8. The van der Waals surface area contributed by atoms with E-state index in [1.807, 2.05) is 6.07 Å². The van der Waals surface area contributed by atoms with Gasteiger partial charge >= 0.3 is 0 Å². The molecule has 0 unspecified atom stereocenters. The van der Waals surface area contributed by atoms with Gasteiger partial charge < -0.3 is 0 Å². The number of nitro groups is 1. The van der Waals surface area contributed by atoms with Gasteiger partial charge in [0.25, 0.3) is 11.2 Å². The van der Waals surface area contributed by atoms with Crippen molar-refractivity contribution >= 4 is 11.4 Å². The lowest BCUT2D eigenvalue weighted by Crippen LogP contribution is -2.23. The van der Waals surface area contributed by atoms with E-state index in [-0.39, 0.29) is 11.3 Å². The number of hydrogen-bond donors (Lipinski definition) is 0. The van der Waals surface area contributed by atoms with Gasteiger partial charge in [0.1, 0.15) is 11.6 Å². The molecule has 116 valence electrons. The lowest BCUT2D eigenvalue weighted by molar-refractivity contribution is -0.384. The molecule has 0 aliphatic carbocycles. The number of nitrogens with zero attached hydrogens (tertiary/aromatic N) is 4. The Morgan fingerprint density at radius 1 is 1.35 bits per heavy atom. The van der Waals surface area contributed by atoms with Crippen molar-refractivity contribution in [3.8, 4) is 6.07 Å². The van der Waals surface area contributed by atoms with Gasteiger partial charge in [-0.2, -0.15) is 10.4 Å². The van der Waals surface area contributed by atoms with E-state index in [9.17, 15) is 14.9 Å². The second-order valence-electron chi connectivity index (χ2n) is 5.07. The summed E-state index contributed by atoms with van der Waals surface area (Å²) in [6.45, 7) is 5.05. The number of nitro benzene ring substituents is 1. The van der Waals surface area contributed by atoms with Crippen molar-refractivity contribution in [1.29, 1.82) is 5.26 Å². The topological polar surface area (TPSA) is 101 Å². The maximum Gasteiger partial charge on any atom is 0.289 e. The minimum absolute atomic E-state index is 0.0335. The Morgan fingerprint density at radius 2 is 2.04 bits per heavy atom. The van der Waals surface area contributed by atoms with Gasteiger partial charge in [0.05, 0.1) is 10.6 Å². The molecule has 0 atom stereocenters. The number of aromatic nitrogens is 1. The summed E-state index contributed by atoms with van der Waals surface area (Å²) in [5.74, 6) is 0. The van der Waals surface area contributed by atoms with E-state index in [2.05, 4.69) is 5.10 Å². The molecule has 1 aromatic heterocycles. The van der Waals surface area contributed by atoms with E-state index in [1.165, 1.54) is 12.1 Å². The Hall–Kier alpha value is -3.27. The summed E-state index contributed by atoms with van der Waals surface area (Å²) in [6, 6.07) is 9.57. The van der Waals surface area contributed by atoms with Crippen LogP contribution in [0.25, 0.3) is 0 Å². The fourth-order valence-corrected chi connectivity index (χ4v) is 2.19. The van der Waals surface area contributed by atoms with Crippen LogP contribution in [0, 0.1) is 35.3 Å². The van der Waals surface area contributed by atoms with Crippen molar-refractivity contribution in [1.82, 2.24) is 4.68 Å². The molecule has 2 rings (SSSR count). The number of nitriles is 1. The highest BCUT2D eigenvalue weighted by atomic mass is 16.6. The summed E-state index contributed by atoms with van der Waals surface area (Å²) in [5, 5.41) is 24.1. The van der Waals surface area contributed by atoms with Crippen molar-refractivity contribution in [2.75, 3.05) is 0 Å². The van der Waals surface area contributed by atoms with Crippen molar-refractivity contribution in [2.45, 2.75) is 20.8 Å². The van der Waals surface area contributed by atoms with Gasteiger partial charge in [-0.1, -0.05) is 12.1 Å². The van der Waals surface area contributed by atoms with Crippen LogP contribution >= 0.6 is 0 Å². The molecule has 2 aromatic rings. The highest BCUT2D eigenvalue weighted by molar-refractivity contribution is 5.99. The predicted octanol–water partition coefficient (Wildman–Crippen LogP) is 2.52. The first-order valence-electron chi connectivity index (χ1n) is 6.79. The minimum atomic E-state index is -0.505. The van der Waals surface area contributed by atoms with E-state index in [0.717, 1.165) is 4.68 Å². The van der Waals surface area contributed by atoms with E-state index in [4.69, 9.17) is 5.26 Å². The normalized spacial score (nSPS) is 11.1. The largest absolute Gasteiger partial charge is 0.289 e. The molecule has 0 fully saturated rings. The summed E-state index contributed by atoms with van der Waals surface area (Å²) in [4.78, 5) is 22.7. The first-order valence-corrected chi connectivity index (χ1v) is 6.79. The third kappa shape index (κ3) is 3.16. The molecule has 1 aromatic carbocycles. The summed E-state index contributed by atoms with van der Waals surface area (Å²) in [7, 11) is 0. The van der Waals surface area contributed by atoms with Gasteiger partial charge in [-0.25, -0.2) is 4.68 Å². The standard InChI is InChI=1S/C16H14N4O3/c1-10-7-11(2)19(16(21)15(10)9-17)18-12(3)13-5-4-6-14(8-13)20(22)23/h4-8H,1-3H3. The first kappa shape index (κ1) is 16.1. The van der Waals surface area contributed by atoms with Crippen LogP contribution in [0.4, 0.5) is 5.69 Å². The van der Waals surface area contributed by atoms with Crippen molar-refractivity contribution in [3.05, 3.63) is 73.2 Å². The lowest BCUT2D eigenvalue weighted by atomic mass is 10.1. The van der Waals surface area contributed by atoms with Gasteiger partial charge in [-0.3, -0.25) is 14.9 Å². The molecule has 1 heterocycles. The van der Waals surface area contributed by atoms with Crippen LogP contribution in [0.1, 0.15) is 29.3 Å². The molecule has 0 radical (unpaired) electrons. The average molecular weight is 310 g/mol. The van der Waals surface area contributed by atoms with Crippen LogP contribution in [-0.2, 0) is 0 Å². The fraction of sp³-hybridized carbons (Fsp3) is 0.188. The zero-order valence-electron chi connectivity index (χ0n) is 12.9. The molecule has 0 spiro atoms. The van der Waals surface area contributed by atoms with Crippen LogP contribution in [0.3, 0.4) is 0 Å². The minimum Gasteiger partial charge on any atom is -0.266 e. The van der Waals surface area contributed by atoms with Crippen LogP contribution in [0.15, 0.2) is 40.2 Å². The van der Waals surface area contributed by atoms with Crippen LogP contribution in [0.5, 0.6) is 0 Å². The molecule has 23 heavy (non-hydrogen) atoms. The average Bonchev–Trinajstić information content (AvgIpc) is 2.51. The molecule has 7 nitrogen and oxygen atoms in total. The molecule has 0 saturated heterocycles. The monoisotopic (exact) mass is 310 g/mol. The van der Waals surface area contributed by atoms with Gasteiger partial charge in [0.2, 0.25) is 0 Å². The number of pyridine rings is 1. The van der Waals surface area contributed by atoms with Crippen molar-refractivity contribution in [2.24, 2.45) is 5.10 Å². The summed E-state index contributed by atoms with van der Waals surface area (Å²) in [5.41, 5.74) is 1.62. The van der Waals surface area contributed by atoms with Crippen LogP contribution < -0.4 is 5.56 Å². The summed E-state index contributed by atoms with van der Waals surface area (Å²) >= 11 is 0. The number of benzene rings is 1. The molecule has 0 saturated carbocycles. The van der Waals surface area contributed by atoms with Gasteiger partial charge in [0.15, 0.2) is 0 Å². The fourth-order valence-electron chi connectivity index (χ4n) is 2.19. The zero-order valence-corrected chi connectivity index (χ0v) is 12.9. The Balaban J connectivity index is 2.59. The number of rotatable bonds is 3. The second-order valence-corrected chi connectivity index (χ2v) is 5.07. The molecule has 0 aliphatic rings. The number of hydrogen-bond acceptors (Lipinski definition) is 5. The molecule has 0 amide bonds. The Labute approximate surface area is 132 Å². The van der Waals surface area contributed by atoms with E-state index >= 15 is 0 Å². The molecular weight excluding hydrogens is 296 g/mol. The van der Waals surface area contributed by atoms with Crippen molar-refractivity contribution in [3.63, 3.8) is 0 Å².